The first-order chi connectivity index (χ1) is 13.1. The molecule has 3 N–H and O–H groups in total. The standard InChI is InChI=1S/C19H26N6O2/c1-14-18(23-24-25(14)16-7-10-20-11-8-16)19(27)21-12-9-17(26)22-13-15-5-3-2-4-6-15/h2-6,16,20H,7-13H2,1H3,(H,21,27)(H,22,26). The van der Waals surface area contributed by atoms with Gasteiger partial charge >= 0.3 is 0 Å². The number of carbonyl (C=O) groups excluding carboxylic acids is 2. The molecular weight excluding hydrogens is 344 g/mol. The second-order valence-corrected chi connectivity index (χ2v) is 6.72. The monoisotopic (exact) mass is 370 g/mol. The van der Waals surface area contributed by atoms with Crippen molar-refractivity contribution in [3.63, 3.8) is 0 Å². The maximum Gasteiger partial charge on any atom is 0.273 e. The Balaban J connectivity index is 1.44. The summed E-state index contributed by atoms with van der Waals surface area (Å²) in [7, 11) is 0. The van der Waals surface area contributed by atoms with Crippen LogP contribution in [0.5, 0.6) is 0 Å². The lowest BCUT2D eigenvalue weighted by atomic mass is 10.1. The van der Waals surface area contributed by atoms with Crippen molar-refractivity contribution in [3.05, 3.63) is 47.3 Å². The molecule has 0 saturated carbocycles. The molecule has 27 heavy (non-hydrogen) atoms. The summed E-state index contributed by atoms with van der Waals surface area (Å²) in [4.78, 5) is 24.3. The van der Waals surface area contributed by atoms with Crippen molar-refractivity contribution in [1.82, 2.24) is 30.9 Å². The van der Waals surface area contributed by atoms with Gasteiger partial charge in [-0.15, -0.1) is 5.10 Å². The molecule has 144 valence electrons. The van der Waals surface area contributed by atoms with E-state index in [1.54, 1.807) is 0 Å². The van der Waals surface area contributed by atoms with Crippen LogP contribution in [0, 0.1) is 6.92 Å². The predicted octanol–water partition coefficient (Wildman–Crippen LogP) is 0.947. The van der Waals surface area contributed by atoms with Crippen LogP contribution >= 0.6 is 0 Å². The maximum absolute atomic E-state index is 12.4. The highest BCUT2D eigenvalue weighted by Gasteiger charge is 2.22. The first kappa shape index (κ1) is 19.0. The quantitative estimate of drug-likeness (QED) is 0.674. The Bertz CT molecular complexity index is 768. The van der Waals surface area contributed by atoms with Gasteiger partial charge in [-0.2, -0.15) is 0 Å². The number of nitrogens with one attached hydrogen (secondary N) is 3. The van der Waals surface area contributed by atoms with Crippen LogP contribution in [0.15, 0.2) is 30.3 Å². The highest BCUT2D eigenvalue weighted by atomic mass is 16.2. The third kappa shape index (κ3) is 5.13. The van der Waals surface area contributed by atoms with Gasteiger partial charge in [0.2, 0.25) is 5.91 Å². The first-order valence-corrected chi connectivity index (χ1v) is 9.36. The minimum atomic E-state index is -0.288. The van der Waals surface area contributed by atoms with Crippen molar-refractivity contribution in [2.75, 3.05) is 19.6 Å². The molecule has 8 heteroatoms. The number of aromatic nitrogens is 3. The molecule has 0 atom stereocenters. The molecule has 2 aromatic rings. The second kappa shape index (κ2) is 9.27. The molecule has 0 bridgehead atoms. The number of hydrogen-bond donors (Lipinski definition) is 3. The third-order valence-corrected chi connectivity index (χ3v) is 4.77. The Morgan fingerprint density at radius 3 is 2.67 bits per heavy atom. The van der Waals surface area contributed by atoms with Crippen molar-refractivity contribution in [1.29, 1.82) is 0 Å². The molecular formula is C19H26N6O2. The molecule has 0 unspecified atom stereocenters. The summed E-state index contributed by atoms with van der Waals surface area (Å²) in [6.07, 6.45) is 2.18. The van der Waals surface area contributed by atoms with Crippen LogP contribution in [-0.2, 0) is 11.3 Å². The van der Waals surface area contributed by atoms with E-state index in [1.807, 2.05) is 41.9 Å². The number of benzene rings is 1. The zero-order valence-corrected chi connectivity index (χ0v) is 15.6. The molecule has 1 aliphatic rings. The molecule has 1 aromatic heterocycles. The van der Waals surface area contributed by atoms with Gasteiger partial charge in [0.1, 0.15) is 0 Å². The molecule has 0 aliphatic carbocycles. The lowest BCUT2D eigenvalue weighted by Gasteiger charge is -2.23. The molecule has 2 heterocycles. The van der Waals surface area contributed by atoms with Crippen molar-refractivity contribution in [3.8, 4) is 0 Å². The first-order valence-electron chi connectivity index (χ1n) is 9.36. The van der Waals surface area contributed by atoms with Gasteiger partial charge in [-0.3, -0.25) is 9.59 Å². The zero-order valence-electron chi connectivity index (χ0n) is 15.6. The highest BCUT2D eigenvalue weighted by molar-refractivity contribution is 5.93. The molecule has 1 aliphatic heterocycles. The Morgan fingerprint density at radius 2 is 1.93 bits per heavy atom. The van der Waals surface area contributed by atoms with E-state index in [4.69, 9.17) is 0 Å². The normalized spacial score (nSPS) is 14.7. The summed E-state index contributed by atoms with van der Waals surface area (Å²) in [6, 6.07) is 9.99. The van der Waals surface area contributed by atoms with Crippen LogP contribution < -0.4 is 16.0 Å². The summed E-state index contributed by atoms with van der Waals surface area (Å²) in [5.41, 5.74) is 2.14. The molecule has 3 rings (SSSR count). The van der Waals surface area contributed by atoms with Gasteiger partial charge in [0.05, 0.1) is 11.7 Å². The number of nitrogens with zero attached hydrogens (tertiary/aromatic N) is 3. The molecule has 8 nitrogen and oxygen atoms in total. The van der Waals surface area contributed by atoms with Gasteiger partial charge < -0.3 is 16.0 Å². The molecule has 0 spiro atoms. The number of rotatable bonds is 7. The van der Waals surface area contributed by atoms with Gasteiger partial charge in [0.25, 0.3) is 5.91 Å². The molecule has 1 saturated heterocycles. The van der Waals surface area contributed by atoms with E-state index in [1.165, 1.54) is 0 Å². The largest absolute Gasteiger partial charge is 0.352 e. The van der Waals surface area contributed by atoms with Gasteiger partial charge in [0.15, 0.2) is 5.69 Å². The average molecular weight is 370 g/mol. The van der Waals surface area contributed by atoms with Crippen molar-refractivity contribution >= 4 is 11.8 Å². The van der Waals surface area contributed by atoms with E-state index in [9.17, 15) is 9.59 Å². The minimum Gasteiger partial charge on any atom is -0.352 e. The molecule has 1 fully saturated rings. The van der Waals surface area contributed by atoms with E-state index in [2.05, 4.69) is 26.3 Å². The fourth-order valence-electron chi connectivity index (χ4n) is 3.21. The number of piperidine rings is 1. The molecule has 2 amide bonds. The van der Waals surface area contributed by atoms with E-state index in [-0.39, 0.29) is 30.8 Å². The van der Waals surface area contributed by atoms with Crippen LogP contribution in [0.25, 0.3) is 0 Å². The fourth-order valence-corrected chi connectivity index (χ4v) is 3.21. The lowest BCUT2D eigenvalue weighted by molar-refractivity contribution is -0.121. The van der Waals surface area contributed by atoms with Gasteiger partial charge in [-0.1, -0.05) is 35.5 Å². The summed E-state index contributed by atoms with van der Waals surface area (Å²) >= 11 is 0. The van der Waals surface area contributed by atoms with Crippen LogP contribution in [0.3, 0.4) is 0 Å². The van der Waals surface area contributed by atoms with Crippen LogP contribution in [0.2, 0.25) is 0 Å². The Morgan fingerprint density at radius 1 is 1.19 bits per heavy atom. The number of carbonyl (C=O) groups is 2. The molecule has 1 aromatic carbocycles. The average Bonchev–Trinajstić information content (AvgIpc) is 3.09. The predicted molar refractivity (Wildman–Crippen MR) is 101 cm³/mol. The van der Waals surface area contributed by atoms with Crippen molar-refractivity contribution in [2.24, 2.45) is 0 Å². The Kier molecular flexibility index (Phi) is 6.54. The minimum absolute atomic E-state index is 0.103. The summed E-state index contributed by atoms with van der Waals surface area (Å²) in [6.45, 7) is 4.51. The topological polar surface area (TPSA) is 101 Å². The Labute approximate surface area is 158 Å². The van der Waals surface area contributed by atoms with Gasteiger partial charge in [-0.05, 0) is 38.4 Å². The van der Waals surface area contributed by atoms with Crippen LogP contribution in [0.4, 0.5) is 0 Å². The third-order valence-electron chi connectivity index (χ3n) is 4.77. The van der Waals surface area contributed by atoms with Crippen LogP contribution in [-0.4, -0.2) is 46.4 Å². The van der Waals surface area contributed by atoms with E-state index in [0.29, 0.717) is 12.2 Å². The molecule has 0 radical (unpaired) electrons. The van der Waals surface area contributed by atoms with E-state index < -0.39 is 0 Å². The van der Waals surface area contributed by atoms with Crippen LogP contribution in [0.1, 0.15) is 47.1 Å². The summed E-state index contributed by atoms with van der Waals surface area (Å²) in [5.74, 6) is -0.391. The number of hydrogen-bond acceptors (Lipinski definition) is 5. The van der Waals surface area contributed by atoms with Crippen molar-refractivity contribution < 1.29 is 9.59 Å². The van der Waals surface area contributed by atoms with Crippen molar-refractivity contribution in [2.45, 2.75) is 38.8 Å². The summed E-state index contributed by atoms with van der Waals surface area (Å²) < 4.78 is 1.85. The van der Waals surface area contributed by atoms with E-state index in [0.717, 1.165) is 37.2 Å². The van der Waals surface area contributed by atoms with Gasteiger partial charge in [0, 0.05) is 19.5 Å². The SMILES string of the molecule is Cc1c(C(=O)NCCC(=O)NCc2ccccc2)nnn1C1CCNCC1. The van der Waals surface area contributed by atoms with Gasteiger partial charge in [-0.25, -0.2) is 4.68 Å². The van der Waals surface area contributed by atoms with E-state index >= 15 is 0 Å². The Hall–Kier alpha value is -2.74. The summed E-state index contributed by atoms with van der Waals surface area (Å²) in [5, 5.41) is 17.1. The number of amides is 2. The highest BCUT2D eigenvalue weighted by Crippen LogP contribution is 2.20. The zero-order chi connectivity index (χ0) is 19.1. The smallest absolute Gasteiger partial charge is 0.273 e. The maximum atomic E-state index is 12.4. The second-order valence-electron chi connectivity index (χ2n) is 6.72. The lowest BCUT2D eigenvalue weighted by Crippen LogP contribution is -2.31. The fraction of sp³-hybridized carbons (Fsp3) is 0.474.